The fraction of sp³-hybridized carbons (Fsp3) is 0.391. The second-order valence-electron chi connectivity index (χ2n) is 9.06. The van der Waals surface area contributed by atoms with Crippen LogP contribution in [-0.4, -0.2) is 85.7 Å². The standard InChI is InChI=1S/C23H26FN3O9P2S2/c24-19-11-16(3-6-20(19)26-7-9-35-10-8-26)27-14-17(36-22(27)28)13-25-21(39)40-18-4-1-15(2-5-18)12-23(29,37(30)31)38(32,33)34/h1-6,11,17,29,32-34H,7-10,12-14H2/p+2/t17-,23?/m0/s1. The van der Waals surface area contributed by atoms with Crippen molar-refractivity contribution in [1.29, 1.82) is 0 Å². The van der Waals surface area contributed by atoms with E-state index in [1.807, 2.05) is 4.90 Å². The van der Waals surface area contributed by atoms with Gasteiger partial charge in [-0.3, -0.25) is 4.90 Å². The molecule has 0 bridgehead atoms. The number of nitrogens with zero attached hydrogens (tertiary/aromatic N) is 2. The number of rotatable bonds is 9. The van der Waals surface area contributed by atoms with Crippen molar-refractivity contribution in [2.45, 2.75) is 22.5 Å². The van der Waals surface area contributed by atoms with Gasteiger partial charge in [-0.2, -0.15) is 19.6 Å². The molecule has 4 rings (SSSR count). The Morgan fingerprint density at radius 2 is 1.88 bits per heavy atom. The number of nitrogens with one attached hydrogen (secondary N) is 1. The molecule has 2 aromatic rings. The molecule has 0 saturated carbocycles. The van der Waals surface area contributed by atoms with Crippen LogP contribution in [0.25, 0.3) is 0 Å². The van der Waals surface area contributed by atoms with Crippen LogP contribution in [-0.2, 0) is 20.5 Å². The lowest BCUT2D eigenvalue weighted by Crippen LogP contribution is -2.36. The summed E-state index contributed by atoms with van der Waals surface area (Å²) in [6.07, 6.45) is -1.79. The zero-order chi connectivity index (χ0) is 29.1. The average molecular weight is 636 g/mol. The van der Waals surface area contributed by atoms with Gasteiger partial charge in [0.05, 0.1) is 44.1 Å². The van der Waals surface area contributed by atoms with E-state index in [1.165, 1.54) is 34.9 Å². The molecular weight excluding hydrogens is 607 g/mol. The number of benzene rings is 2. The lowest BCUT2D eigenvalue weighted by atomic mass is 10.2. The molecule has 3 atom stereocenters. The summed E-state index contributed by atoms with van der Waals surface area (Å²) in [6.45, 7) is 2.65. The topological polar surface area (TPSA) is 172 Å². The summed E-state index contributed by atoms with van der Waals surface area (Å²) in [5, 5.41) is 10.2. The number of thiocarbonyl (C=S) groups is 1. The SMILES string of the molecule is O=C1O[C@@H](CNC(=S)Sc2ccc(CC(O)([P+](=O)O)[P+](O)(O)O)cc2)CN1c1ccc(N2CCOCC2)c(F)c1. The van der Waals surface area contributed by atoms with E-state index in [2.05, 4.69) is 5.32 Å². The van der Waals surface area contributed by atoms with E-state index in [1.54, 1.807) is 24.3 Å². The third-order valence-electron chi connectivity index (χ3n) is 6.30. The number of amides is 1. The van der Waals surface area contributed by atoms with Gasteiger partial charge in [0.2, 0.25) is 0 Å². The molecule has 2 aromatic carbocycles. The molecule has 12 nitrogen and oxygen atoms in total. The minimum Gasteiger partial charge on any atom is -0.442 e. The molecule has 0 spiro atoms. The van der Waals surface area contributed by atoms with E-state index >= 15 is 0 Å². The summed E-state index contributed by atoms with van der Waals surface area (Å²) in [7, 11) is -8.54. The minimum absolute atomic E-state index is 0.199. The van der Waals surface area contributed by atoms with E-state index < -0.39 is 45.5 Å². The van der Waals surface area contributed by atoms with Crippen LogP contribution in [0.5, 0.6) is 0 Å². The first-order chi connectivity index (χ1) is 18.9. The maximum absolute atomic E-state index is 14.8. The van der Waals surface area contributed by atoms with Crippen molar-refractivity contribution >= 4 is 61.7 Å². The van der Waals surface area contributed by atoms with Gasteiger partial charge in [0.25, 0.3) is 0 Å². The third kappa shape index (κ3) is 7.24. The van der Waals surface area contributed by atoms with Crippen LogP contribution >= 0.6 is 40.0 Å². The predicted octanol–water partition coefficient (Wildman–Crippen LogP) is 2.32. The Kier molecular flexibility index (Phi) is 9.95. The molecule has 2 heterocycles. The first kappa shape index (κ1) is 30.9. The van der Waals surface area contributed by atoms with Crippen molar-refractivity contribution < 1.29 is 47.9 Å². The van der Waals surface area contributed by atoms with Gasteiger partial charge in [-0.05, 0) is 40.5 Å². The zero-order valence-electron chi connectivity index (χ0n) is 20.9. The molecule has 40 heavy (non-hydrogen) atoms. The van der Waals surface area contributed by atoms with Gasteiger partial charge in [-0.25, -0.2) is 9.18 Å². The molecule has 0 aromatic heterocycles. The number of ether oxygens (including phenoxy) is 2. The van der Waals surface area contributed by atoms with Gasteiger partial charge in [0.1, 0.15) is 16.2 Å². The molecule has 2 unspecified atom stereocenters. The normalized spacial score (nSPS) is 19.7. The summed E-state index contributed by atoms with van der Waals surface area (Å²) >= 11 is 6.52. The number of anilines is 2. The number of hydrogen-bond donors (Lipinski definition) is 6. The van der Waals surface area contributed by atoms with Gasteiger partial charge in [-0.1, -0.05) is 36.1 Å². The smallest absolute Gasteiger partial charge is 0.442 e. The molecule has 0 radical (unpaired) electrons. The van der Waals surface area contributed by atoms with Crippen LogP contribution in [0, 0.1) is 5.82 Å². The molecule has 0 aliphatic carbocycles. The number of thioether (sulfide) groups is 1. The number of carbonyl (C=O) groups is 1. The Balaban J connectivity index is 1.28. The van der Waals surface area contributed by atoms with Gasteiger partial charge >= 0.3 is 27.1 Å². The Morgan fingerprint density at radius 3 is 2.48 bits per heavy atom. The number of aliphatic hydroxyl groups is 1. The molecule has 17 heteroatoms. The van der Waals surface area contributed by atoms with E-state index in [0.29, 0.717) is 46.9 Å². The van der Waals surface area contributed by atoms with Crippen LogP contribution in [0.15, 0.2) is 47.4 Å². The summed E-state index contributed by atoms with van der Waals surface area (Å²) in [5.74, 6) is -0.433. The van der Waals surface area contributed by atoms with Crippen LogP contribution in [0.3, 0.4) is 0 Å². The highest BCUT2D eigenvalue weighted by Crippen LogP contribution is 2.66. The van der Waals surface area contributed by atoms with E-state index in [0.717, 1.165) is 0 Å². The minimum atomic E-state index is -5.03. The molecule has 2 fully saturated rings. The van der Waals surface area contributed by atoms with Gasteiger partial charge < -0.3 is 24.8 Å². The summed E-state index contributed by atoms with van der Waals surface area (Å²) in [6, 6.07) is 10.8. The number of cyclic esters (lactones) is 1. The average Bonchev–Trinajstić information content (AvgIpc) is 3.28. The first-order valence-electron chi connectivity index (χ1n) is 12.0. The maximum Gasteiger partial charge on any atom is 0.593 e. The quantitative estimate of drug-likeness (QED) is 0.135. The first-order valence-corrected chi connectivity index (χ1v) is 16.1. The largest absolute Gasteiger partial charge is 0.593 e. The Bertz CT molecular complexity index is 1270. The summed E-state index contributed by atoms with van der Waals surface area (Å²) < 4.78 is 37.3. The maximum atomic E-state index is 14.8. The van der Waals surface area contributed by atoms with Crippen LogP contribution < -0.4 is 15.1 Å². The van der Waals surface area contributed by atoms with Crippen molar-refractivity contribution in [1.82, 2.24) is 5.32 Å². The van der Waals surface area contributed by atoms with Crippen molar-refractivity contribution in [2.75, 3.05) is 49.2 Å². The highest BCUT2D eigenvalue weighted by molar-refractivity contribution is 8.23. The summed E-state index contributed by atoms with van der Waals surface area (Å²) in [5.41, 5.74) is 1.12. The third-order valence-corrected chi connectivity index (χ3v) is 10.7. The zero-order valence-corrected chi connectivity index (χ0v) is 24.3. The molecule has 2 aliphatic heterocycles. The highest BCUT2D eigenvalue weighted by Gasteiger charge is 2.73. The van der Waals surface area contributed by atoms with Gasteiger partial charge in [0, 0.05) is 18.0 Å². The van der Waals surface area contributed by atoms with Crippen molar-refractivity contribution in [3.8, 4) is 0 Å². The number of halogens is 1. The second kappa shape index (κ2) is 12.9. The van der Waals surface area contributed by atoms with Crippen LogP contribution in [0.4, 0.5) is 20.6 Å². The number of hydrogen-bond acceptors (Lipinski definition) is 11. The Labute approximate surface area is 240 Å². The second-order valence-corrected chi connectivity index (χ2v) is 14.3. The van der Waals surface area contributed by atoms with E-state index in [-0.39, 0.29) is 18.7 Å². The highest BCUT2D eigenvalue weighted by atomic mass is 32.2. The number of morpholine rings is 1. The summed E-state index contributed by atoms with van der Waals surface area (Å²) in [4.78, 5) is 53.9. The van der Waals surface area contributed by atoms with Crippen molar-refractivity contribution in [3.05, 3.63) is 53.8 Å². The van der Waals surface area contributed by atoms with Gasteiger partial charge in [-0.15, -0.1) is 0 Å². The monoisotopic (exact) mass is 635 g/mol. The van der Waals surface area contributed by atoms with E-state index in [9.17, 15) is 38.4 Å². The van der Waals surface area contributed by atoms with E-state index in [4.69, 9.17) is 21.7 Å². The molecule has 216 valence electrons. The molecule has 2 aliphatic rings. The Hall–Kier alpha value is -2.03. The van der Waals surface area contributed by atoms with Crippen LogP contribution in [0.2, 0.25) is 0 Å². The van der Waals surface area contributed by atoms with Crippen molar-refractivity contribution in [3.63, 3.8) is 0 Å². The van der Waals surface area contributed by atoms with Gasteiger partial charge in [0.15, 0.2) is 0 Å². The predicted molar refractivity (Wildman–Crippen MR) is 152 cm³/mol. The lowest BCUT2D eigenvalue weighted by Gasteiger charge is -2.29. The molecule has 1 amide bonds. The fourth-order valence-corrected chi connectivity index (χ4v) is 6.79. The fourth-order valence-electron chi connectivity index (χ4n) is 4.14. The lowest BCUT2D eigenvalue weighted by molar-refractivity contribution is 0.122. The van der Waals surface area contributed by atoms with Crippen LogP contribution in [0.1, 0.15) is 5.56 Å². The number of carbonyl (C=O) groups excluding carboxylic acids is 1. The van der Waals surface area contributed by atoms with Crippen molar-refractivity contribution in [2.24, 2.45) is 0 Å². The molecule has 2 saturated heterocycles. The Morgan fingerprint density at radius 1 is 1.20 bits per heavy atom. The molecular formula is C23H28FN3O9P2S2+2. The molecule has 6 N–H and O–H groups in total.